The molecule has 1 atom stereocenters. The molecule has 0 radical (unpaired) electrons. The van der Waals surface area contributed by atoms with Crippen LogP contribution in [-0.2, 0) is 9.59 Å². The van der Waals surface area contributed by atoms with Crippen molar-refractivity contribution in [2.24, 2.45) is 0 Å². The molecule has 0 amide bonds. The summed E-state index contributed by atoms with van der Waals surface area (Å²) in [6.45, 7) is 2.45. The summed E-state index contributed by atoms with van der Waals surface area (Å²) < 4.78 is 0. The highest BCUT2D eigenvalue weighted by Gasteiger charge is 2.15. The van der Waals surface area contributed by atoms with Crippen molar-refractivity contribution < 1.29 is 19.8 Å². The highest BCUT2D eigenvalue weighted by molar-refractivity contribution is 5.73. The van der Waals surface area contributed by atoms with E-state index in [0.29, 0.717) is 19.4 Å². The van der Waals surface area contributed by atoms with Crippen LogP contribution in [0.3, 0.4) is 0 Å². The monoisotopic (exact) mass is 232 g/mol. The maximum Gasteiger partial charge on any atom is 0.322 e. The zero-order valence-electron chi connectivity index (χ0n) is 9.53. The molecule has 0 heterocycles. The SMILES string of the molecule is CCCC[C@H](NNCCCC(=O)O)C(=O)O. The maximum absolute atomic E-state index is 10.8. The van der Waals surface area contributed by atoms with Crippen molar-refractivity contribution in [3.8, 4) is 0 Å². The lowest BCUT2D eigenvalue weighted by atomic mass is 10.1. The first-order chi connectivity index (χ1) is 7.57. The standard InChI is InChI=1S/C10H20N2O4/c1-2-3-5-8(10(15)16)12-11-7-4-6-9(13)14/h8,11-12H,2-7H2,1H3,(H,13,14)(H,15,16)/t8-/m0/s1. The molecule has 6 heteroatoms. The van der Waals surface area contributed by atoms with Gasteiger partial charge in [-0.05, 0) is 12.8 Å². The number of carbonyl (C=O) groups is 2. The van der Waals surface area contributed by atoms with E-state index in [-0.39, 0.29) is 6.42 Å². The second kappa shape index (κ2) is 9.11. The lowest BCUT2D eigenvalue weighted by Gasteiger charge is -2.14. The number of hydrogen-bond donors (Lipinski definition) is 4. The van der Waals surface area contributed by atoms with Gasteiger partial charge in [-0.15, -0.1) is 0 Å². The first-order valence-electron chi connectivity index (χ1n) is 5.51. The molecule has 16 heavy (non-hydrogen) atoms. The minimum atomic E-state index is -0.890. The fraction of sp³-hybridized carbons (Fsp3) is 0.800. The first-order valence-corrected chi connectivity index (χ1v) is 5.51. The fourth-order valence-corrected chi connectivity index (χ4v) is 1.19. The van der Waals surface area contributed by atoms with Crippen LogP contribution >= 0.6 is 0 Å². The van der Waals surface area contributed by atoms with Gasteiger partial charge in [-0.2, -0.15) is 0 Å². The van der Waals surface area contributed by atoms with Crippen LogP contribution < -0.4 is 10.9 Å². The van der Waals surface area contributed by atoms with Gasteiger partial charge in [-0.25, -0.2) is 5.43 Å². The number of aliphatic carboxylic acids is 2. The van der Waals surface area contributed by atoms with Gasteiger partial charge in [0, 0.05) is 13.0 Å². The zero-order chi connectivity index (χ0) is 12.4. The number of unbranched alkanes of at least 4 members (excludes halogenated alkanes) is 1. The van der Waals surface area contributed by atoms with E-state index in [1.165, 1.54) is 0 Å². The van der Waals surface area contributed by atoms with E-state index >= 15 is 0 Å². The average Bonchev–Trinajstić information content (AvgIpc) is 2.21. The molecule has 0 spiro atoms. The summed E-state index contributed by atoms with van der Waals surface area (Å²) in [6, 6.07) is -0.607. The van der Waals surface area contributed by atoms with Gasteiger partial charge in [0.25, 0.3) is 0 Å². The van der Waals surface area contributed by atoms with E-state index in [9.17, 15) is 9.59 Å². The quantitative estimate of drug-likeness (QED) is 0.325. The minimum Gasteiger partial charge on any atom is -0.481 e. The van der Waals surface area contributed by atoms with Gasteiger partial charge >= 0.3 is 11.9 Å². The molecule has 0 fully saturated rings. The number of rotatable bonds is 10. The van der Waals surface area contributed by atoms with Crippen molar-refractivity contribution >= 4 is 11.9 Å². The number of nitrogens with one attached hydrogen (secondary N) is 2. The van der Waals surface area contributed by atoms with Crippen LogP contribution in [0.2, 0.25) is 0 Å². The molecule has 4 N–H and O–H groups in total. The van der Waals surface area contributed by atoms with Gasteiger partial charge < -0.3 is 10.2 Å². The molecule has 0 unspecified atom stereocenters. The van der Waals surface area contributed by atoms with Crippen LogP contribution in [0.15, 0.2) is 0 Å². The maximum atomic E-state index is 10.8. The molecule has 0 saturated carbocycles. The third-order valence-corrected chi connectivity index (χ3v) is 2.11. The third-order valence-electron chi connectivity index (χ3n) is 2.11. The Labute approximate surface area is 95.0 Å². The topological polar surface area (TPSA) is 98.7 Å². The molecule has 0 saturated heterocycles. The van der Waals surface area contributed by atoms with E-state index in [1.807, 2.05) is 6.92 Å². The Morgan fingerprint density at radius 2 is 1.94 bits per heavy atom. The summed E-state index contributed by atoms with van der Waals surface area (Å²) in [5, 5.41) is 17.2. The highest BCUT2D eigenvalue weighted by atomic mass is 16.4. The number of hydrogen-bond acceptors (Lipinski definition) is 4. The number of carboxylic acid groups (broad SMARTS) is 2. The van der Waals surface area contributed by atoms with Gasteiger partial charge in [0.15, 0.2) is 0 Å². The first kappa shape index (κ1) is 14.9. The average molecular weight is 232 g/mol. The van der Waals surface area contributed by atoms with Gasteiger partial charge in [0.1, 0.15) is 6.04 Å². The molecule has 0 bridgehead atoms. The van der Waals surface area contributed by atoms with Crippen molar-refractivity contribution in [2.75, 3.05) is 6.54 Å². The summed E-state index contributed by atoms with van der Waals surface area (Å²) in [5.74, 6) is -1.73. The van der Waals surface area contributed by atoms with Crippen LogP contribution in [0.4, 0.5) is 0 Å². The minimum absolute atomic E-state index is 0.0847. The number of hydrazine groups is 1. The molecular formula is C10H20N2O4. The highest BCUT2D eigenvalue weighted by Crippen LogP contribution is 1.99. The molecule has 0 rings (SSSR count). The Hall–Kier alpha value is -1.14. The summed E-state index contributed by atoms with van der Waals surface area (Å²) in [4.78, 5) is 21.0. The van der Waals surface area contributed by atoms with Gasteiger partial charge in [-0.3, -0.25) is 15.0 Å². The Balaban J connectivity index is 3.60. The molecule has 0 aromatic rings. The molecule has 94 valence electrons. The zero-order valence-corrected chi connectivity index (χ0v) is 9.53. The van der Waals surface area contributed by atoms with Gasteiger partial charge in [-0.1, -0.05) is 19.8 Å². The van der Waals surface area contributed by atoms with E-state index in [4.69, 9.17) is 10.2 Å². The van der Waals surface area contributed by atoms with Crippen molar-refractivity contribution in [3.05, 3.63) is 0 Å². The van der Waals surface area contributed by atoms with Crippen molar-refractivity contribution in [2.45, 2.75) is 45.1 Å². The lowest BCUT2D eigenvalue weighted by molar-refractivity contribution is -0.140. The van der Waals surface area contributed by atoms with Crippen molar-refractivity contribution in [1.29, 1.82) is 0 Å². The van der Waals surface area contributed by atoms with Crippen LogP contribution in [-0.4, -0.2) is 34.7 Å². The lowest BCUT2D eigenvalue weighted by Crippen LogP contribution is -2.45. The van der Waals surface area contributed by atoms with E-state index in [1.54, 1.807) is 0 Å². The second-order valence-electron chi connectivity index (χ2n) is 3.60. The fourth-order valence-electron chi connectivity index (χ4n) is 1.19. The molecule has 0 aliphatic rings. The molecular weight excluding hydrogens is 212 g/mol. The molecule has 0 aliphatic heterocycles. The predicted octanol–water partition coefficient (Wildman–Crippen LogP) is 0.589. The molecule has 0 aliphatic carbocycles. The van der Waals surface area contributed by atoms with Gasteiger partial charge in [0.2, 0.25) is 0 Å². The van der Waals surface area contributed by atoms with Crippen LogP contribution in [0.25, 0.3) is 0 Å². The Morgan fingerprint density at radius 3 is 2.44 bits per heavy atom. The Kier molecular flexibility index (Phi) is 8.46. The van der Waals surface area contributed by atoms with Crippen LogP contribution in [0.1, 0.15) is 39.0 Å². The Bertz CT molecular complexity index is 221. The van der Waals surface area contributed by atoms with Crippen LogP contribution in [0, 0.1) is 0 Å². The second-order valence-corrected chi connectivity index (χ2v) is 3.60. The normalized spacial score (nSPS) is 12.3. The third kappa shape index (κ3) is 8.19. The van der Waals surface area contributed by atoms with E-state index in [2.05, 4.69) is 10.9 Å². The Morgan fingerprint density at radius 1 is 1.25 bits per heavy atom. The summed E-state index contributed by atoms with van der Waals surface area (Å²) >= 11 is 0. The number of carboxylic acids is 2. The van der Waals surface area contributed by atoms with E-state index < -0.39 is 18.0 Å². The smallest absolute Gasteiger partial charge is 0.322 e. The molecule has 6 nitrogen and oxygen atoms in total. The van der Waals surface area contributed by atoms with E-state index in [0.717, 1.165) is 12.8 Å². The predicted molar refractivity (Wildman–Crippen MR) is 59.0 cm³/mol. The summed E-state index contributed by atoms with van der Waals surface area (Å²) in [6.07, 6.45) is 2.92. The largest absolute Gasteiger partial charge is 0.481 e. The van der Waals surface area contributed by atoms with Crippen molar-refractivity contribution in [1.82, 2.24) is 10.9 Å². The molecule has 0 aromatic heterocycles. The van der Waals surface area contributed by atoms with Gasteiger partial charge in [0.05, 0.1) is 0 Å². The van der Waals surface area contributed by atoms with Crippen LogP contribution in [0.5, 0.6) is 0 Å². The summed E-state index contributed by atoms with van der Waals surface area (Å²) in [5.41, 5.74) is 5.42. The van der Waals surface area contributed by atoms with Crippen molar-refractivity contribution in [3.63, 3.8) is 0 Å². The molecule has 0 aromatic carbocycles. The summed E-state index contributed by atoms with van der Waals surface area (Å²) in [7, 11) is 0.